The van der Waals surface area contributed by atoms with Crippen LogP contribution in [0, 0.1) is 31.6 Å². The molecule has 2 N–H and O–H groups in total. The Labute approximate surface area is 188 Å². The molecule has 2 heterocycles. The second-order valence-corrected chi connectivity index (χ2v) is 10.1. The first-order chi connectivity index (χ1) is 14.4. The number of ether oxygens (including phenoxy) is 1. The number of aliphatic imine (C=N–C) groups is 1. The van der Waals surface area contributed by atoms with Crippen molar-refractivity contribution in [3.63, 3.8) is 0 Å². The van der Waals surface area contributed by atoms with Crippen LogP contribution in [0.3, 0.4) is 0 Å². The molecule has 0 aliphatic carbocycles. The van der Waals surface area contributed by atoms with Crippen molar-refractivity contribution >= 4 is 39.7 Å². The van der Waals surface area contributed by atoms with Crippen LogP contribution >= 0.6 is 11.3 Å². The molecule has 1 aliphatic heterocycles. The van der Waals surface area contributed by atoms with Gasteiger partial charge in [0.2, 0.25) is 0 Å². The van der Waals surface area contributed by atoms with E-state index in [1.165, 1.54) is 0 Å². The molecule has 0 spiro atoms. The van der Waals surface area contributed by atoms with Gasteiger partial charge in [-0.15, -0.1) is 11.3 Å². The van der Waals surface area contributed by atoms with Gasteiger partial charge in [-0.05, 0) is 54.0 Å². The average molecular weight is 439 g/mol. The minimum Gasteiger partial charge on any atom is -0.460 e. The zero-order valence-corrected chi connectivity index (χ0v) is 20.0. The Morgan fingerprint density at radius 1 is 1.19 bits per heavy atom. The second kappa shape index (κ2) is 8.38. The summed E-state index contributed by atoms with van der Waals surface area (Å²) < 4.78 is 5.51. The largest absolute Gasteiger partial charge is 0.460 e. The number of nitrogens with one attached hydrogen (secondary N) is 2. The Balaban J connectivity index is 2.19. The predicted molar refractivity (Wildman–Crippen MR) is 128 cm³/mol. The summed E-state index contributed by atoms with van der Waals surface area (Å²) in [5.74, 6) is -0.0694. The van der Waals surface area contributed by atoms with Gasteiger partial charge in [0.1, 0.15) is 28.3 Å². The van der Waals surface area contributed by atoms with Crippen molar-refractivity contribution < 1.29 is 9.53 Å². The maximum atomic E-state index is 12.6. The Hall–Kier alpha value is -2.80. The molecular weight excluding hydrogens is 408 g/mol. The number of nitrogens with zero attached hydrogens (tertiary/aromatic N) is 2. The van der Waals surface area contributed by atoms with Crippen LogP contribution in [0.15, 0.2) is 29.3 Å². The van der Waals surface area contributed by atoms with Crippen molar-refractivity contribution in [1.82, 2.24) is 0 Å². The lowest BCUT2D eigenvalue weighted by molar-refractivity contribution is -0.154. The molecule has 0 bridgehead atoms. The molecule has 0 radical (unpaired) electrons. The smallest absolute Gasteiger partial charge is 0.308 e. The van der Waals surface area contributed by atoms with Crippen molar-refractivity contribution in [2.75, 3.05) is 4.90 Å². The van der Waals surface area contributed by atoms with Crippen molar-refractivity contribution in [2.24, 2.45) is 4.99 Å². The molecule has 1 aliphatic rings. The zero-order valence-electron chi connectivity index (χ0n) is 19.2. The van der Waals surface area contributed by atoms with Crippen molar-refractivity contribution in [3.05, 3.63) is 51.4 Å². The summed E-state index contributed by atoms with van der Waals surface area (Å²) in [7, 11) is 0. The monoisotopic (exact) mass is 438 g/mol. The number of hydrogen-bond donors (Lipinski definition) is 2. The first-order valence-electron chi connectivity index (χ1n) is 10.3. The van der Waals surface area contributed by atoms with Gasteiger partial charge in [0.15, 0.2) is 0 Å². The fourth-order valence-corrected chi connectivity index (χ4v) is 4.76. The third kappa shape index (κ3) is 4.77. The van der Waals surface area contributed by atoms with Crippen LogP contribution in [0.4, 0.5) is 5.00 Å². The number of fused-ring (bicyclic) bond motifs is 1. The van der Waals surface area contributed by atoms with E-state index in [0.29, 0.717) is 0 Å². The molecule has 164 valence electrons. The van der Waals surface area contributed by atoms with Gasteiger partial charge in [-0.25, -0.2) is 0 Å². The third-order valence-electron chi connectivity index (χ3n) is 5.09. The van der Waals surface area contributed by atoms with Gasteiger partial charge in [-0.1, -0.05) is 29.8 Å². The topological polar surface area (TPSA) is 89.6 Å². The van der Waals surface area contributed by atoms with Crippen molar-refractivity contribution in [2.45, 2.75) is 66.5 Å². The molecule has 7 heteroatoms. The molecule has 0 saturated heterocycles. The molecular formula is C24H30N4O2S. The van der Waals surface area contributed by atoms with Crippen molar-refractivity contribution in [1.29, 1.82) is 10.8 Å². The highest BCUT2D eigenvalue weighted by molar-refractivity contribution is 7.17. The summed E-state index contributed by atoms with van der Waals surface area (Å²) in [5, 5.41) is 18.0. The molecule has 2 aromatic rings. The second-order valence-electron chi connectivity index (χ2n) is 8.92. The van der Waals surface area contributed by atoms with E-state index in [1.54, 1.807) is 23.2 Å². The van der Waals surface area contributed by atoms with E-state index in [9.17, 15) is 4.79 Å². The summed E-state index contributed by atoms with van der Waals surface area (Å²) in [6.45, 7) is 13.2. The number of anilines is 1. The van der Waals surface area contributed by atoms with Gasteiger partial charge in [-0.2, -0.15) is 0 Å². The lowest BCUT2D eigenvalue weighted by Crippen LogP contribution is -2.41. The minimum absolute atomic E-state index is 0.0534. The number of benzene rings is 1. The summed E-state index contributed by atoms with van der Waals surface area (Å²) in [5.41, 5.74) is 4.21. The van der Waals surface area contributed by atoms with E-state index in [4.69, 9.17) is 20.5 Å². The number of carbonyl (C=O) groups excluding carboxylic acids is 1. The molecule has 1 atom stereocenters. The summed E-state index contributed by atoms with van der Waals surface area (Å²) >= 11 is 1.55. The Kier molecular flexibility index (Phi) is 6.18. The Bertz CT molecular complexity index is 1070. The lowest BCUT2D eigenvalue weighted by atomic mass is 9.99. The van der Waals surface area contributed by atoms with E-state index in [0.717, 1.165) is 37.8 Å². The van der Waals surface area contributed by atoms with Crippen LogP contribution in [0.25, 0.3) is 0 Å². The quantitative estimate of drug-likeness (QED) is 0.382. The number of aryl methyl sites for hydroxylation is 2. The molecule has 0 saturated carbocycles. The van der Waals surface area contributed by atoms with E-state index in [-0.39, 0.29) is 18.1 Å². The van der Waals surface area contributed by atoms with E-state index >= 15 is 0 Å². The van der Waals surface area contributed by atoms with Crippen LogP contribution in [-0.2, 0) is 9.53 Å². The van der Waals surface area contributed by atoms with Crippen LogP contribution < -0.4 is 4.90 Å². The van der Waals surface area contributed by atoms with Crippen LogP contribution in [0.5, 0.6) is 0 Å². The minimum atomic E-state index is -0.745. The molecule has 1 aromatic heterocycles. The first-order valence-corrected chi connectivity index (χ1v) is 11.1. The van der Waals surface area contributed by atoms with E-state index < -0.39 is 17.6 Å². The van der Waals surface area contributed by atoms with E-state index in [1.807, 2.05) is 65.8 Å². The summed E-state index contributed by atoms with van der Waals surface area (Å²) in [6, 6.07) is 7.36. The van der Waals surface area contributed by atoms with Gasteiger partial charge in [0, 0.05) is 16.0 Å². The molecule has 3 rings (SSSR count). The number of amidine groups is 2. The van der Waals surface area contributed by atoms with Gasteiger partial charge in [0.05, 0.1) is 12.1 Å². The van der Waals surface area contributed by atoms with E-state index in [2.05, 4.69) is 0 Å². The standard InChI is InChI=1S/C24H30N4O2S/c1-13-8-10-17(11-9-13)21-20-14(2)15(3)31-23(20)28(16(4)25)22(26)18(27-21)12-19(29)30-24(5,6)7/h8-11,18,25-26H,12H2,1-7H3/t18-/m0/s1. The Morgan fingerprint density at radius 3 is 2.35 bits per heavy atom. The molecule has 0 amide bonds. The molecule has 1 aromatic carbocycles. The molecule has 31 heavy (non-hydrogen) atoms. The average Bonchev–Trinajstić information content (AvgIpc) is 2.85. The third-order valence-corrected chi connectivity index (χ3v) is 6.28. The van der Waals surface area contributed by atoms with Crippen LogP contribution in [0.1, 0.15) is 61.2 Å². The highest BCUT2D eigenvalue weighted by Crippen LogP contribution is 2.40. The number of hydrogen-bond acceptors (Lipinski definition) is 6. The number of rotatable bonds is 3. The highest BCUT2D eigenvalue weighted by Gasteiger charge is 2.35. The van der Waals surface area contributed by atoms with Gasteiger partial charge >= 0.3 is 5.97 Å². The SMILES string of the molecule is CC(=N)N1C(=N)[C@H](CC(=O)OC(C)(C)C)N=C(c2ccc(C)cc2)c2c1sc(C)c2C. The summed E-state index contributed by atoms with van der Waals surface area (Å²) in [6.07, 6.45) is -0.0534. The number of esters is 1. The van der Waals surface area contributed by atoms with Crippen LogP contribution in [-0.4, -0.2) is 35.0 Å². The number of thiophene rings is 1. The highest BCUT2D eigenvalue weighted by atomic mass is 32.1. The number of carbonyl (C=O) groups is 1. The maximum absolute atomic E-state index is 12.6. The molecule has 0 unspecified atom stereocenters. The summed E-state index contributed by atoms with van der Waals surface area (Å²) in [4.78, 5) is 20.3. The van der Waals surface area contributed by atoms with Gasteiger partial charge in [-0.3, -0.25) is 25.5 Å². The van der Waals surface area contributed by atoms with Crippen molar-refractivity contribution in [3.8, 4) is 0 Å². The van der Waals surface area contributed by atoms with Gasteiger partial charge < -0.3 is 4.74 Å². The fourth-order valence-electron chi connectivity index (χ4n) is 3.53. The first kappa shape index (κ1) is 22.9. The Morgan fingerprint density at radius 2 is 1.81 bits per heavy atom. The lowest BCUT2D eigenvalue weighted by Gasteiger charge is -2.25. The van der Waals surface area contributed by atoms with Crippen LogP contribution in [0.2, 0.25) is 0 Å². The van der Waals surface area contributed by atoms with Gasteiger partial charge in [0.25, 0.3) is 0 Å². The fraction of sp³-hybridized carbons (Fsp3) is 0.417. The maximum Gasteiger partial charge on any atom is 0.308 e. The normalized spacial score (nSPS) is 16.5. The predicted octanol–water partition coefficient (Wildman–Crippen LogP) is 5.41. The molecule has 6 nitrogen and oxygen atoms in total. The zero-order chi connectivity index (χ0) is 23.1. The molecule has 0 fully saturated rings.